The van der Waals surface area contributed by atoms with Gasteiger partial charge in [0.2, 0.25) is 5.91 Å². The molecular formula is C16H22N2O3. The first kappa shape index (κ1) is 15.4. The van der Waals surface area contributed by atoms with Crippen LogP contribution in [0, 0.1) is 5.41 Å². The van der Waals surface area contributed by atoms with Gasteiger partial charge in [0.05, 0.1) is 5.69 Å². The molecule has 1 aromatic carbocycles. The summed E-state index contributed by atoms with van der Waals surface area (Å²) in [5.41, 5.74) is 1.35. The minimum absolute atomic E-state index is 0.0333. The lowest BCUT2D eigenvalue weighted by atomic mass is 9.95. The number of fused-ring (bicyclic) bond motifs is 1. The Balaban J connectivity index is 1.96. The van der Waals surface area contributed by atoms with Gasteiger partial charge in [-0.25, -0.2) is 0 Å². The summed E-state index contributed by atoms with van der Waals surface area (Å²) >= 11 is 0. The van der Waals surface area contributed by atoms with E-state index in [1.54, 1.807) is 6.92 Å². The predicted octanol–water partition coefficient (Wildman–Crippen LogP) is 2.11. The highest BCUT2D eigenvalue weighted by atomic mass is 16.5. The minimum atomic E-state index is -0.463. The Morgan fingerprint density at radius 1 is 1.38 bits per heavy atom. The first-order valence-electron chi connectivity index (χ1n) is 7.16. The number of hydrogen-bond donors (Lipinski definition) is 2. The Morgan fingerprint density at radius 2 is 2.10 bits per heavy atom. The molecule has 21 heavy (non-hydrogen) atoms. The minimum Gasteiger partial charge on any atom is -0.479 e. The van der Waals surface area contributed by atoms with Crippen molar-refractivity contribution in [3.63, 3.8) is 0 Å². The Hall–Kier alpha value is -2.04. The van der Waals surface area contributed by atoms with Crippen molar-refractivity contribution in [2.24, 2.45) is 5.41 Å². The summed E-state index contributed by atoms with van der Waals surface area (Å²) in [5, 5.41) is 5.73. The second kappa shape index (κ2) is 5.76. The summed E-state index contributed by atoms with van der Waals surface area (Å²) in [5.74, 6) is 0.580. The molecule has 0 aromatic heterocycles. The van der Waals surface area contributed by atoms with Crippen LogP contribution in [0.25, 0.3) is 0 Å². The third-order valence-electron chi connectivity index (χ3n) is 3.36. The van der Waals surface area contributed by atoms with E-state index in [1.807, 2.05) is 39.0 Å². The topological polar surface area (TPSA) is 67.4 Å². The maximum atomic E-state index is 11.8. The fraction of sp³-hybridized carbons (Fsp3) is 0.500. The first-order valence-corrected chi connectivity index (χ1v) is 7.16. The van der Waals surface area contributed by atoms with Crippen LogP contribution in [0.3, 0.4) is 0 Å². The number of amides is 2. The van der Waals surface area contributed by atoms with E-state index in [1.165, 1.54) is 0 Å². The summed E-state index contributed by atoms with van der Waals surface area (Å²) in [4.78, 5) is 23.4. The third kappa shape index (κ3) is 3.74. The zero-order valence-electron chi connectivity index (χ0n) is 12.9. The van der Waals surface area contributed by atoms with E-state index in [-0.39, 0.29) is 17.2 Å². The molecule has 0 saturated carbocycles. The predicted molar refractivity (Wildman–Crippen MR) is 81.3 cm³/mol. The van der Waals surface area contributed by atoms with Gasteiger partial charge in [0, 0.05) is 12.0 Å². The van der Waals surface area contributed by atoms with Gasteiger partial charge in [-0.1, -0.05) is 26.8 Å². The van der Waals surface area contributed by atoms with Crippen LogP contribution < -0.4 is 15.4 Å². The molecule has 1 atom stereocenters. The molecule has 2 amide bonds. The third-order valence-corrected chi connectivity index (χ3v) is 3.36. The molecule has 0 bridgehead atoms. The highest BCUT2D eigenvalue weighted by molar-refractivity contribution is 5.97. The average Bonchev–Trinajstić information content (AvgIpc) is 2.39. The lowest BCUT2D eigenvalue weighted by Crippen LogP contribution is -2.36. The van der Waals surface area contributed by atoms with E-state index in [9.17, 15) is 9.59 Å². The average molecular weight is 290 g/mol. The molecule has 0 fully saturated rings. The highest BCUT2D eigenvalue weighted by Crippen LogP contribution is 2.30. The van der Waals surface area contributed by atoms with Gasteiger partial charge in [-0.3, -0.25) is 9.59 Å². The monoisotopic (exact) mass is 290 g/mol. The fourth-order valence-electron chi connectivity index (χ4n) is 2.00. The van der Waals surface area contributed by atoms with E-state index in [4.69, 9.17) is 4.74 Å². The molecule has 5 heteroatoms. The lowest BCUT2D eigenvalue weighted by molar-refractivity contribution is -0.128. The number of nitrogens with one attached hydrogen (secondary N) is 2. The number of carbonyl (C=O) groups is 2. The van der Waals surface area contributed by atoms with E-state index in [2.05, 4.69) is 10.6 Å². The summed E-state index contributed by atoms with van der Waals surface area (Å²) in [6, 6.07) is 5.70. The van der Waals surface area contributed by atoms with Crippen molar-refractivity contribution >= 4 is 17.5 Å². The molecule has 114 valence electrons. The Kier molecular flexibility index (Phi) is 4.21. The van der Waals surface area contributed by atoms with E-state index in [0.717, 1.165) is 5.56 Å². The zero-order valence-corrected chi connectivity index (χ0v) is 12.9. The normalized spacial score (nSPS) is 17.5. The summed E-state index contributed by atoms with van der Waals surface area (Å²) in [6.07, 6.45) is 0.245. The number of rotatable bonds is 3. The van der Waals surface area contributed by atoms with E-state index >= 15 is 0 Å². The first-order chi connectivity index (χ1) is 9.77. The van der Waals surface area contributed by atoms with Crippen LogP contribution in [-0.2, 0) is 16.0 Å². The van der Waals surface area contributed by atoms with Crippen LogP contribution in [0.2, 0.25) is 0 Å². The Labute approximate surface area is 125 Å². The summed E-state index contributed by atoms with van der Waals surface area (Å²) < 4.78 is 5.50. The van der Waals surface area contributed by atoms with Crippen molar-refractivity contribution in [2.45, 2.75) is 40.2 Å². The van der Waals surface area contributed by atoms with Gasteiger partial charge in [-0.2, -0.15) is 0 Å². The second-order valence-corrected chi connectivity index (χ2v) is 6.34. The Morgan fingerprint density at radius 3 is 2.76 bits per heavy atom. The van der Waals surface area contributed by atoms with Crippen molar-refractivity contribution in [1.82, 2.24) is 5.32 Å². The molecule has 1 heterocycles. The second-order valence-electron chi connectivity index (χ2n) is 6.34. The molecule has 5 nitrogen and oxygen atoms in total. The van der Waals surface area contributed by atoms with Crippen LogP contribution in [0.15, 0.2) is 18.2 Å². The van der Waals surface area contributed by atoms with Crippen LogP contribution >= 0.6 is 0 Å². The van der Waals surface area contributed by atoms with Crippen molar-refractivity contribution in [2.75, 3.05) is 11.9 Å². The lowest BCUT2D eigenvalue weighted by Gasteiger charge is -2.23. The maximum Gasteiger partial charge on any atom is 0.265 e. The van der Waals surface area contributed by atoms with Gasteiger partial charge >= 0.3 is 0 Å². The van der Waals surface area contributed by atoms with Gasteiger partial charge in [0.15, 0.2) is 6.10 Å². The molecule has 0 aliphatic carbocycles. The molecular weight excluding hydrogens is 268 g/mol. The molecule has 0 radical (unpaired) electrons. The number of ether oxygens (including phenoxy) is 1. The van der Waals surface area contributed by atoms with Gasteiger partial charge in [0.1, 0.15) is 5.75 Å². The summed E-state index contributed by atoms with van der Waals surface area (Å²) in [7, 11) is 0. The maximum absolute atomic E-state index is 11.8. The molecule has 0 saturated heterocycles. The van der Waals surface area contributed by atoms with Crippen molar-refractivity contribution in [3.8, 4) is 5.75 Å². The molecule has 1 aliphatic rings. The quantitative estimate of drug-likeness (QED) is 0.896. The highest BCUT2D eigenvalue weighted by Gasteiger charge is 2.23. The smallest absolute Gasteiger partial charge is 0.265 e. The molecule has 2 N–H and O–H groups in total. The van der Waals surface area contributed by atoms with Gasteiger partial charge < -0.3 is 15.4 Å². The molecule has 1 aromatic rings. The Bertz CT molecular complexity index is 561. The van der Waals surface area contributed by atoms with Crippen LogP contribution in [0.5, 0.6) is 5.75 Å². The standard InChI is InChI=1S/C16H22N2O3/c1-10-14(19)18-12-9-11(5-6-13(12)21-10)7-8-17-15(20)16(2,3)4/h5-6,9-10H,7-8H2,1-4H3,(H,17,20)(H,18,19). The van der Waals surface area contributed by atoms with Crippen LogP contribution in [0.1, 0.15) is 33.3 Å². The van der Waals surface area contributed by atoms with Gasteiger partial charge in [-0.05, 0) is 31.0 Å². The van der Waals surface area contributed by atoms with E-state index in [0.29, 0.717) is 24.4 Å². The largest absolute Gasteiger partial charge is 0.479 e. The van der Waals surface area contributed by atoms with Crippen LogP contribution in [0.4, 0.5) is 5.69 Å². The zero-order chi connectivity index (χ0) is 15.6. The summed E-state index contributed by atoms with van der Waals surface area (Å²) in [6.45, 7) is 7.94. The van der Waals surface area contributed by atoms with E-state index < -0.39 is 6.10 Å². The number of benzene rings is 1. The number of anilines is 1. The molecule has 1 aliphatic heterocycles. The van der Waals surface area contributed by atoms with Crippen LogP contribution in [-0.4, -0.2) is 24.5 Å². The number of carbonyl (C=O) groups excluding carboxylic acids is 2. The van der Waals surface area contributed by atoms with Crippen molar-refractivity contribution in [3.05, 3.63) is 23.8 Å². The molecule has 0 spiro atoms. The number of hydrogen-bond acceptors (Lipinski definition) is 3. The van der Waals surface area contributed by atoms with Crippen molar-refractivity contribution in [1.29, 1.82) is 0 Å². The molecule has 1 unspecified atom stereocenters. The fourth-order valence-corrected chi connectivity index (χ4v) is 2.00. The van der Waals surface area contributed by atoms with Crippen molar-refractivity contribution < 1.29 is 14.3 Å². The van der Waals surface area contributed by atoms with Gasteiger partial charge in [0.25, 0.3) is 5.91 Å². The SMILES string of the molecule is CC1Oc2ccc(CCNC(=O)C(C)(C)C)cc2NC1=O. The molecule has 2 rings (SSSR count). The van der Waals surface area contributed by atoms with Gasteiger partial charge in [-0.15, -0.1) is 0 Å².